The molecule has 0 saturated carbocycles. The third-order valence-electron chi connectivity index (χ3n) is 2.58. The van der Waals surface area contributed by atoms with Crippen molar-refractivity contribution < 1.29 is 9.53 Å². The average Bonchev–Trinajstić information content (AvgIpc) is 2.35. The van der Waals surface area contributed by atoms with Crippen molar-refractivity contribution in [2.24, 2.45) is 0 Å². The lowest BCUT2D eigenvalue weighted by molar-refractivity contribution is -0.138. The largest absolute Gasteiger partial charge is 0.463 e. The Morgan fingerprint density at radius 3 is 2.89 bits per heavy atom. The van der Waals surface area contributed by atoms with E-state index in [-0.39, 0.29) is 5.97 Å². The topological polar surface area (TPSA) is 38.3 Å². The van der Waals surface area contributed by atoms with Crippen LogP contribution in [0.5, 0.6) is 0 Å². The van der Waals surface area contributed by atoms with Gasteiger partial charge in [0.05, 0.1) is 6.61 Å². The molecule has 0 aliphatic rings. The van der Waals surface area contributed by atoms with Crippen molar-refractivity contribution in [2.45, 2.75) is 20.3 Å². The first-order valence-corrected chi connectivity index (χ1v) is 6.24. The van der Waals surface area contributed by atoms with Gasteiger partial charge in [-0.05, 0) is 32.4 Å². The van der Waals surface area contributed by atoms with Gasteiger partial charge >= 0.3 is 5.97 Å². The number of rotatable bonds is 7. The van der Waals surface area contributed by atoms with Crippen molar-refractivity contribution in [2.75, 3.05) is 19.7 Å². The third kappa shape index (κ3) is 5.15. The van der Waals surface area contributed by atoms with Gasteiger partial charge in [-0.25, -0.2) is 4.79 Å². The zero-order valence-corrected chi connectivity index (χ0v) is 11.2. The predicted octanol–water partition coefficient (Wildman–Crippen LogP) is 2.25. The zero-order chi connectivity index (χ0) is 13.4. The Labute approximate surface area is 109 Å². The summed E-state index contributed by atoms with van der Waals surface area (Å²) in [6.45, 7) is 9.25. The molecular formula is C15H21NO2. The lowest BCUT2D eigenvalue weighted by Gasteiger charge is -2.07. The zero-order valence-electron chi connectivity index (χ0n) is 11.2. The molecule has 0 fully saturated rings. The smallest absolute Gasteiger partial charge is 0.334 e. The third-order valence-corrected chi connectivity index (χ3v) is 2.58. The monoisotopic (exact) mass is 247 g/mol. The normalized spacial score (nSPS) is 10.1. The van der Waals surface area contributed by atoms with Gasteiger partial charge in [-0.2, -0.15) is 0 Å². The quantitative estimate of drug-likeness (QED) is 0.456. The van der Waals surface area contributed by atoms with E-state index in [4.69, 9.17) is 4.74 Å². The van der Waals surface area contributed by atoms with Crippen molar-refractivity contribution >= 4 is 5.97 Å². The van der Waals surface area contributed by atoms with Gasteiger partial charge in [0, 0.05) is 12.1 Å². The first-order valence-electron chi connectivity index (χ1n) is 6.24. The standard InChI is InChI=1S/C15H21NO2/c1-4-18-15(17)13(3)11-16-9-8-14-7-5-6-12(2)10-14/h5-7,10,16H,3-4,8-9,11H2,1-2H3. The van der Waals surface area contributed by atoms with Crippen molar-refractivity contribution in [3.63, 3.8) is 0 Å². The minimum absolute atomic E-state index is 0.319. The molecule has 1 aromatic carbocycles. The van der Waals surface area contributed by atoms with Gasteiger partial charge in [0.25, 0.3) is 0 Å². The Morgan fingerprint density at radius 2 is 2.22 bits per heavy atom. The Hall–Kier alpha value is -1.61. The minimum atomic E-state index is -0.319. The number of hydrogen-bond acceptors (Lipinski definition) is 3. The number of esters is 1. The maximum Gasteiger partial charge on any atom is 0.334 e. The summed E-state index contributed by atoms with van der Waals surface area (Å²) in [5, 5.41) is 3.19. The Bertz CT molecular complexity index is 413. The molecule has 98 valence electrons. The van der Waals surface area contributed by atoms with Crippen molar-refractivity contribution in [3.8, 4) is 0 Å². The molecule has 0 aliphatic carbocycles. The average molecular weight is 247 g/mol. The fourth-order valence-corrected chi connectivity index (χ4v) is 1.64. The molecule has 0 heterocycles. The molecule has 0 aliphatic heterocycles. The fraction of sp³-hybridized carbons (Fsp3) is 0.400. The van der Waals surface area contributed by atoms with Crippen LogP contribution >= 0.6 is 0 Å². The summed E-state index contributed by atoms with van der Waals surface area (Å²) in [5.41, 5.74) is 3.04. The fourth-order valence-electron chi connectivity index (χ4n) is 1.64. The first kappa shape index (κ1) is 14.5. The van der Waals surface area contributed by atoms with E-state index in [0.29, 0.717) is 18.7 Å². The molecule has 0 radical (unpaired) electrons. The number of benzene rings is 1. The number of nitrogens with one attached hydrogen (secondary N) is 1. The van der Waals surface area contributed by atoms with Crippen LogP contribution in [0.3, 0.4) is 0 Å². The molecule has 0 bridgehead atoms. The SMILES string of the molecule is C=C(CNCCc1cccc(C)c1)C(=O)OCC. The van der Waals surface area contributed by atoms with Crippen LogP contribution in [0.25, 0.3) is 0 Å². The van der Waals surface area contributed by atoms with Gasteiger partial charge in [-0.1, -0.05) is 36.4 Å². The predicted molar refractivity (Wildman–Crippen MR) is 73.5 cm³/mol. The number of hydrogen-bond donors (Lipinski definition) is 1. The molecule has 1 rings (SSSR count). The summed E-state index contributed by atoms with van der Waals surface area (Å²) in [6.07, 6.45) is 0.942. The van der Waals surface area contributed by atoms with Crippen LogP contribution in [-0.2, 0) is 16.0 Å². The summed E-state index contributed by atoms with van der Waals surface area (Å²) < 4.78 is 4.86. The number of aryl methyl sites for hydroxylation is 1. The second-order valence-corrected chi connectivity index (χ2v) is 4.24. The van der Waals surface area contributed by atoms with Crippen LogP contribution in [-0.4, -0.2) is 25.7 Å². The second-order valence-electron chi connectivity index (χ2n) is 4.24. The van der Waals surface area contributed by atoms with Crippen LogP contribution in [0.15, 0.2) is 36.4 Å². The van der Waals surface area contributed by atoms with E-state index in [1.807, 2.05) is 0 Å². The van der Waals surface area contributed by atoms with E-state index in [1.54, 1.807) is 6.92 Å². The molecule has 0 spiro atoms. The minimum Gasteiger partial charge on any atom is -0.463 e. The maximum absolute atomic E-state index is 11.3. The van der Waals surface area contributed by atoms with E-state index in [9.17, 15) is 4.79 Å². The first-order chi connectivity index (χ1) is 8.63. The highest BCUT2D eigenvalue weighted by molar-refractivity contribution is 5.88. The summed E-state index contributed by atoms with van der Waals surface area (Å²) in [4.78, 5) is 11.3. The van der Waals surface area contributed by atoms with Gasteiger partial charge in [0.15, 0.2) is 0 Å². The van der Waals surface area contributed by atoms with Crippen LogP contribution in [0, 0.1) is 6.92 Å². The summed E-state index contributed by atoms with van der Waals surface area (Å²) in [5.74, 6) is -0.319. The van der Waals surface area contributed by atoms with Crippen LogP contribution in [0.1, 0.15) is 18.1 Å². The molecule has 18 heavy (non-hydrogen) atoms. The molecular weight excluding hydrogens is 226 g/mol. The van der Waals surface area contributed by atoms with Crippen molar-refractivity contribution in [1.82, 2.24) is 5.32 Å². The van der Waals surface area contributed by atoms with E-state index < -0.39 is 0 Å². The summed E-state index contributed by atoms with van der Waals surface area (Å²) in [6, 6.07) is 8.42. The van der Waals surface area contributed by atoms with E-state index in [0.717, 1.165) is 13.0 Å². The molecule has 1 aromatic rings. The van der Waals surface area contributed by atoms with E-state index >= 15 is 0 Å². The van der Waals surface area contributed by atoms with Crippen LogP contribution < -0.4 is 5.32 Å². The van der Waals surface area contributed by atoms with Crippen LogP contribution in [0.4, 0.5) is 0 Å². The number of ether oxygens (including phenoxy) is 1. The molecule has 0 aromatic heterocycles. The summed E-state index contributed by atoms with van der Waals surface area (Å²) >= 11 is 0. The maximum atomic E-state index is 11.3. The highest BCUT2D eigenvalue weighted by Crippen LogP contribution is 2.04. The summed E-state index contributed by atoms with van der Waals surface area (Å²) in [7, 11) is 0. The van der Waals surface area contributed by atoms with Crippen LogP contribution in [0.2, 0.25) is 0 Å². The molecule has 0 atom stereocenters. The molecule has 3 nitrogen and oxygen atoms in total. The van der Waals surface area contributed by atoms with Crippen molar-refractivity contribution in [1.29, 1.82) is 0 Å². The Morgan fingerprint density at radius 1 is 1.44 bits per heavy atom. The van der Waals surface area contributed by atoms with Gasteiger partial charge in [0.1, 0.15) is 0 Å². The van der Waals surface area contributed by atoms with E-state index in [2.05, 4.69) is 43.1 Å². The molecule has 0 unspecified atom stereocenters. The van der Waals surface area contributed by atoms with Crippen molar-refractivity contribution in [3.05, 3.63) is 47.5 Å². The van der Waals surface area contributed by atoms with Gasteiger partial charge in [0.2, 0.25) is 0 Å². The molecule has 0 amide bonds. The second kappa shape index (κ2) is 7.67. The molecule has 3 heteroatoms. The Balaban J connectivity index is 2.23. The lowest BCUT2D eigenvalue weighted by atomic mass is 10.1. The molecule has 1 N–H and O–H groups in total. The highest BCUT2D eigenvalue weighted by atomic mass is 16.5. The van der Waals surface area contributed by atoms with Gasteiger partial charge in [-0.15, -0.1) is 0 Å². The van der Waals surface area contributed by atoms with E-state index in [1.165, 1.54) is 11.1 Å². The molecule has 0 saturated heterocycles. The lowest BCUT2D eigenvalue weighted by Crippen LogP contribution is -2.23. The Kier molecular flexibility index (Phi) is 6.15. The number of carbonyl (C=O) groups excluding carboxylic acids is 1. The number of carbonyl (C=O) groups is 1. The van der Waals surface area contributed by atoms with Gasteiger partial charge < -0.3 is 10.1 Å². The van der Waals surface area contributed by atoms with Gasteiger partial charge in [-0.3, -0.25) is 0 Å². The highest BCUT2D eigenvalue weighted by Gasteiger charge is 2.06.